The van der Waals surface area contributed by atoms with Gasteiger partial charge in [0, 0.05) is 29.6 Å². The van der Waals surface area contributed by atoms with Gasteiger partial charge in [-0.2, -0.15) is 0 Å². The molecule has 4 rings (SSSR count). The van der Waals surface area contributed by atoms with Gasteiger partial charge in [-0.15, -0.1) is 0 Å². The van der Waals surface area contributed by atoms with Crippen LogP contribution >= 0.6 is 0 Å². The number of carboxylic acid groups (broad SMARTS) is 1. The van der Waals surface area contributed by atoms with Crippen molar-refractivity contribution in [2.75, 3.05) is 4.90 Å². The number of aromatic nitrogens is 2. The highest BCUT2D eigenvalue weighted by molar-refractivity contribution is 6.01. The lowest BCUT2D eigenvalue weighted by molar-refractivity contribution is -0.140. The Bertz CT molecular complexity index is 1170. The average Bonchev–Trinajstić information content (AvgIpc) is 3.44. The molecule has 0 saturated carbocycles. The number of carbonyl (C=O) groups excluding carboxylic acids is 1. The van der Waals surface area contributed by atoms with Crippen molar-refractivity contribution in [2.45, 2.75) is 24.9 Å². The Hall–Kier alpha value is -3.91. The first-order valence-corrected chi connectivity index (χ1v) is 9.85. The third-order valence-corrected chi connectivity index (χ3v) is 5.20. The van der Waals surface area contributed by atoms with Crippen molar-refractivity contribution in [1.29, 1.82) is 0 Å². The topological polar surface area (TPSA) is 125 Å². The number of aromatic amines is 1. The van der Waals surface area contributed by atoms with E-state index < -0.39 is 24.0 Å². The highest BCUT2D eigenvalue weighted by atomic mass is 16.5. The number of nitrogens with zero attached hydrogens (tertiary/aromatic N) is 2. The zero-order chi connectivity index (χ0) is 21.8. The summed E-state index contributed by atoms with van der Waals surface area (Å²) in [5.41, 5.74) is 8.75. The largest absolute Gasteiger partial charge is 0.480 e. The van der Waals surface area contributed by atoms with Gasteiger partial charge in [-0.3, -0.25) is 9.69 Å². The predicted octanol–water partition coefficient (Wildman–Crippen LogP) is 2.75. The van der Waals surface area contributed by atoms with Gasteiger partial charge < -0.3 is 20.3 Å². The summed E-state index contributed by atoms with van der Waals surface area (Å²) in [6, 6.07) is 16.2. The van der Waals surface area contributed by atoms with Crippen LogP contribution in [0.4, 0.5) is 5.88 Å². The molecule has 2 aromatic carbocycles. The molecule has 0 aliphatic rings. The first kappa shape index (κ1) is 20.4. The van der Waals surface area contributed by atoms with E-state index in [-0.39, 0.29) is 18.7 Å². The van der Waals surface area contributed by atoms with E-state index in [2.05, 4.69) is 10.1 Å². The van der Waals surface area contributed by atoms with Gasteiger partial charge >= 0.3 is 5.97 Å². The normalized spacial score (nSPS) is 13.1. The first-order valence-electron chi connectivity index (χ1n) is 9.85. The second-order valence-corrected chi connectivity index (χ2v) is 7.27. The summed E-state index contributed by atoms with van der Waals surface area (Å²) < 4.78 is 5.18. The number of nitrogens with two attached hydrogens (primary N) is 1. The van der Waals surface area contributed by atoms with Gasteiger partial charge in [0.25, 0.3) is 0 Å². The van der Waals surface area contributed by atoms with Crippen LogP contribution in [0, 0.1) is 0 Å². The second-order valence-electron chi connectivity index (χ2n) is 7.27. The maximum absolute atomic E-state index is 13.3. The van der Waals surface area contributed by atoms with Crippen LogP contribution in [0.15, 0.2) is 77.6 Å². The van der Waals surface area contributed by atoms with Crippen molar-refractivity contribution in [1.82, 2.24) is 10.1 Å². The van der Waals surface area contributed by atoms with Crippen LogP contribution in [0.5, 0.6) is 0 Å². The van der Waals surface area contributed by atoms with Crippen molar-refractivity contribution < 1.29 is 19.2 Å². The van der Waals surface area contributed by atoms with Gasteiger partial charge in [0.2, 0.25) is 11.8 Å². The third-order valence-electron chi connectivity index (χ3n) is 5.20. The number of rotatable bonds is 8. The molecule has 158 valence electrons. The zero-order valence-electron chi connectivity index (χ0n) is 16.6. The third kappa shape index (κ3) is 4.34. The minimum absolute atomic E-state index is 0.0424. The smallest absolute Gasteiger partial charge is 0.327 e. The lowest BCUT2D eigenvalue weighted by Crippen LogP contribution is -2.53. The lowest BCUT2D eigenvalue weighted by Gasteiger charge is -2.28. The SMILES string of the molecule is N[C@@H](Cc1ccccc1)C(=O)N(c1ccno1)[C@@H](Cc1c[nH]c2ccccc12)C(=O)O. The molecule has 8 nitrogen and oxygen atoms in total. The Labute approximate surface area is 178 Å². The molecule has 0 radical (unpaired) electrons. The highest BCUT2D eigenvalue weighted by Crippen LogP contribution is 2.25. The Kier molecular flexibility index (Phi) is 5.81. The molecule has 0 aliphatic carbocycles. The molecular formula is C23H22N4O4. The van der Waals surface area contributed by atoms with Crippen LogP contribution in [0.3, 0.4) is 0 Å². The fourth-order valence-corrected chi connectivity index (χ4v) is 3.68. The predicted molar refractivity (Wildman–Crippen MR) is 116 cm³/mol. The summed E-state index contributed by atoms with van der Waals surface area (Å²) >= 11 is 0. The highest BCUT2D eigenvalue weighted by Gasteiger charge is 2.36. The van der Waals surface area contributed by atoms with Gasteiger partial charge in [-0.1, -0.05) is 53.7 Å². The number of fused-ring (bicyclic) bond motifs is 1. The maximum atomic E-state index is 13.3. The first-order chi connectivity index (χ1) is 15.0. The molecular weight excluding hydrogens is 396 g/mol. The summed E-state index contributed by atoms with van der Waals surface area (Å²) in [5.74, 6) is -1.67. The molecule has 0 unspecified atom stereocenters. The molecule has 2 aromatic heterocycles. The second kappa shape index (κ2) is 8.85. The Morgan fingerprint density at radius 2 is 1.81 bits per heavy atom. The molecule has 2 heterocycles. The van der Waals surface area contributed by atoms with Crippen LogP contribution in [0.2, 0.25) is 0 Å². The molecule has 4 N–H and O–H groups in total. The Morgan fingerprint density at radius 1 is 1.06 bits per heavy atom. The number of carbonyl (C=O) groups is 2. The minimum Gasteiger partial charge on any atom is -0.480 e. The van der Waals surface area contributed by atoms with E-state index in [4.69, 9.17) is 10.3 Å². The number of aliphatic carboxylic acids is 1. The fraction of sp³-hybridized carbons (Fsp3) is 0.174. The quantitative estimate of drug-likeness (QED) is 0.404. The van der Waals surface area contributed by atoms with Crippen molar-refractivity contribution >= 4 is 28.7 Å². The van der Waals surface area contributed by atoms with Gasteiger partial charge in [0.15, 0.2) is 0 Å². The summed E-state index contributed by atoms with van der Waals surface area (Å²) in [5, 5.41) is 14.6. The van der Waals surface area contributed by atoms with E-state index in [1.165, 1.54) is 12.3 Å². The molecule has 2 atom stereocenters. The van der Waals surface area contributed by atoms with Crippen molar-refractivity contribution in [3.8, 4) is 0 Å². The summed E-state index contributed by atoms with van der Waals surface area (Å²) in [6.45, 7) is 0. The van der Waals surface area contributed by atoms with Crippen LogP contribution in [-0.4, -0.2) is 39.2 Å². The monoisotopic (exact) mass is 418 g/mol. The Balaban J connectivity index is 1.66. The van der Waals surface area contributed by atoms with E-state index in [1.54, 1.807) is 6.20 Å². The van der Waals surface area contributed by atoms with E-state index in [0.717, 1.165) is 26.9 Å². The van der Waals surface area contributed by atoms with Crippen LogP contribution in [0.25, 0.3) is 10.9 Å². The number of para-hydroxylation sites is 1. The maximum Gasteiger partial charge on any atom is 0.327 e. The molecule has 4 aromatic rings. The number of nitrogens with one attached hydrogen (secondary N) is 1. The zero-order valence-corrected chi connectivity index (χ0v) is 16.6. The Morgan fingerprint density at radius 3 is 2.52 bits per heavy atom. The van der Waals surface area contributed by atoms with E-state index in [1.807, 2.05) is 54.6 Å². The number of carboxylic acids is 1. The van der Waals surface area contributed by atoms with Crippen LogP contribution < -0.4 is 10.6 Å². The van der Waals surface area contributed by atoms with Gasteiger partial charge in [0.1, 0.15) is 6.04 Å². The fourth-order valence-electron chi connectivity index (χ4n) is 3.68. The molecule has 31 heavy (non-hydrogen) atoms. The number of H-pyrrole nitrogens is 1. The van der Waals surface area contributed by atoms with E-state index >= 15 is 0 Å². The number of amides is 1. The number of anilines is 1. The number of hydrogen-bond acceptors (Lipinski definition) is 5. The molecule has 0 spiro atoms. The number of benzene rings is 2. The lowest BCUT2D eigenvalue weighted by atomic mass is 10.0. The summed E-state index contributed by atoms with van der Waals surface area (Å²) in [4.78, 5) is 29.8. The van der Waals surface area contributed by atoms with Gasteiger partial charge in [-0.05, 0) is 23.6 Å². The molecule has 8 heteroatoms. The van der Waals surface area contributed by atoms with Gasteiger partial charge in [0.05, 0.1) is 12.2 Å². The van der Waals surface area contributed by atoms with Gasteiger partial charge in [-0.25, -0.2) is 4.79 Å². The van der Waals surface area contributed by atoms with Crippen molar-refractivity contribution in [3.05, 3.63) is 84.2 Å². The molecule has 0 fully saturated rings. The molecule has 0 saturated heterocycles. The van der Waals surface area contributed by atoms with Crippen molar-refractivity contribution in [3.63, 3.8) is 0 Å². The molecule has 0 bridgehead atoms. The van der Waals surface area contributed by atoms with E-state index in [9.17, 15) is 14.7 Å². The van der Waals surface area contributed by atoms with Crippen LogP contribution in [-0.2, 0) is 22.4 Å². The molecule has 1 amide bonds. The number of hydrogen-bond donors (Lipinski definition) is 3. The summed E-state index contributed by atoms with van der Waals surface area (Å²) in [7, 11) is 0. The standard InChI is InChI=1S/C23H22N4O4/c24-18(12-15-6-2-1-3-7-15)22(28)27(21-10-11-26-31-21)20(23(29)30)13-16-14-25-19-9-5-4-8-17(16)19/h1-11,14,18,20,25H,12-13,24H2,(H,29,30)/t18-,20-/m0/s1. The van der Waals surface area contributed by atoms with E-state index in [0.29, 0.717) is 0 Å². The van der Waals surface area contributed by atoms with Crippen molar-refractivity contribution in [2.24, 2.45) is 5.73 Å². The molecule has 0 aliphatic heterocycles. The average molecular weight is 418 g/mol. The van der Waals surface area contributed by atoms with Crippen LogP contribution in [0.1, 0.15) is 11.1 Å². The summed E-state index contributed by atoms with van der Waals surface area (Å²) in [6.07, 6.45) is 3.46. The minimum atomic E-state index is -1.22.